The lowest BCUT2D eigenvalue weighted by Gasteiger charge is -2.38. The Hall–Kier alpha value is -2.98. The molecule has 142 valence electrons. The number of halogens is 1. The van der Waals surface area contributed by atoms with Crippen LogP contribution in [-0.2, 0) is 0 Å². The monoisotopic (exact) mass is 373 g/mol. The molecule has 28 heavy (non-hydrogen) atoms. The smallest absolute Gasteiger partial charge is 0.123 e. The second kappa shape index (κ2) is 8.81. The fourth-order valence-electron chi connectivity index (χ4n) is 3.67. The highest BCUT2D eigenvalue weighted by Crippen LogP contribution is 2.29. The SMILES string of the molecule is Fc1ccc(/C=N\N2CCN(C(c3ccccc3)c3ccccc3)CC2)cc1. The Bertz CT molecular complexity index is 847. The molecule has 0 bridgehead atoms. The molecule has 0 aliphatic carbocycles. The fourth-order valence-corrected chi connectivity index (χ4v) is 3.67. The summed E-state index contributed by atoms with van der Waals surface area (Å²) in [6.07, 6.45) is 1.81. The van der Waals surface area contributed by atoms with Crippen molar-refractivity contribution in [2.24, 2.45) is 5.10 Å². The van der Waals surface area contributed by atoms with Crippen LogP contribution in [0.2, 0.25) is 0 Å². The van der Waals surface area contributed by atoms with Crippen molar-refractivity contribution in [2.75, 3.05) is 26.2 Å². The summed E-state index contributed by atoms with van der Waals surface area (Å²) in [4.78, 5) is 2.52. The molecule has 4 heteroatoms. The number of hydrazone groups is 1. The lowest BCUT2D eigenvalue weighted by molar-refractivity contribution is 0.113. The van der Waals surface area contributed by atoms with Crippen LogP contribution in [0.1, 0.15) is 22.7 Å². The van der Waals surface area contributed by atoms with Crippen molar-refractivity contribution < 1.29 is 4.39 Å². The van der Waals surface area contributed by atoms with Gasteiger partial charge in [-0.25, -0.2) is 4.39 Å². The summed E-state index contributed by atoms with van der Waals surface area (Å²) in [5, 5.41) is 6.67. The third kappa shape index (κ3) is 4.46. The zero-order valence-corrected chi connectivity index (χ0v) is 15.8. The predicted octanol–water partition coefficient (Wildman–Crippen LogP) is 4.57. The minimum absolute atomic E-state index is 0.223. The van der Waals surface area contributed by atoms with Crippen LogP contribution in [0.25, 0.3) is 0 Å². The minimum atomic E-state index is -0.223. The maximum absolute atomic E-state index is 13.0. The van der Waals surface area contributed by atoms with Gasteiger partial charge in [0.25, 0.3) is 0 Å². The van der Waals surface area contributed by atoms with E-state index in [1.807, 2.05) is 0 Å². The Morgan fingerprint density at radius 3 is 1.79 bits per heavy atom. The summed E-state index contributed by atoms with van der Waals surface area (Å²) in [5.41, 5.74) is 3.55. The van der Waals surface area contributed by atoms with Crippen LogP contribution in [0.15, 0.2) is 90.0 Å². The van der Waals surface area contributed by atoms with Crippen LogP contribution in [0.3, 0.4) is 0 Å². The first-order chi connectivity index (χ1) is 13.8. The van der Waals surface area contributed by atoms with Gasteiger partial charge in [-0.2, -0.15) is 5.10 Å². The number of rotatable bonds is 5. The van der Waals surface area contributed by atoms with Gasteiger partial charge in [-0.1, -0.05) is 72.8 Å². The van der Waals surface area contributed by atoms with E-state index >= 15 is 0 Å². The first-order valence-electron chi connectivity index (χ1n) is 9.68. The van der Waals surface area contributed by atoms with Gasteiger partial charge in [-0.3, -0.25) is 9.91 Å². The summed E-state index contributed by atoms with van der Waals surface area (Å²) in [6, 6.07) is 28.0. The highest BCUT2D eigenvalue weighted by atomic mass is 19.1. The quantitative estimate of drug-likeness (QED) is 0.610. The molecule has 1 heterocycles. The summed E-state index contributed by atoms with van der Waals surface area (Å²) >= 11 is 0. The molecule has 0 atom stereocenters. The standard InChI is InChI=1S/C24H24FN3/c25-23-13-11-20(12-14-23)19-26-28-17-15-27(16-18-28)24(21-7-3-1-4-8-21)22-9-5-2-6-10-22/h1-14,19,24H,15-18H2/b26-19-. The first-order valence-corrected chi connectivity index (χ1v) is 9.68. The minimum Gasteiger partial charge on any atom is -0.294 e. The number of piperazine rings is 1. The van der Waals surface area contributed by atoms with E-state index in [1.165, 1.54) is 23.3 Å². The van der Waals surface area contributed by atoms with Crippen LogP contribution in [-0.4, -0.2) is 42.3 Å². The van der Waals surface area contributed by atoms with Gasteiger partial charge < -0.3 is 0 Å². The van der Waals surface area contributed by atoms with E-state index in [-0.39, 0.29) is 11.9 Å². The van der Waals surface area contributed by atoms with Crippen molar-refractivity contribution in [3.63, 3.8) is 0 Å². The van der Waals surface area contributed by atoms with Crippen molar-refractivity contribution in [3.05, 3.63) is 107 Å². The topological polar surface area (TPSA) is 18.8 Å². The zero-order chi connectivity index (χ0) is 19.2. The second-order valence-corrected chi connectivity index (χ2v) is 7.01. The molecule has 0 N–H and O–H groups in total. The molecule has 3 nitrogen and oxygen atoms in total. The van der Waals surface area contributed by atoms with Gasteiger partial charge in [-0.05, 0) is 28.8 Å². The molecule has 0 amide bonds. The third-order valence-corrected chi connectivity index (χ3v) is 5.13. The van der Waals surface area contributed by atoms with Crippen LogP contribution >= 0.6 is 0 Å². The van der Waals surface area contributed by atoms with E-state index in [0.717, 1.165) is 31.7 Å². The molecule has 1 fully saturated rings. The van der Waals surface area contributed by atoms with Gasteiger partial charge in [0.2, 0.25) is 0 Å². The van der Waals surface area contributed by atoms with E-state index in [9.17, 15) is 4.39 Å². The number of hydrogen-bond acceptors (Lipinski definition) is 3. The van der Waals surface area contributed by atoms with Crippen molar-refractivity contribution >= 4 is 6.21 Å². The Balaban J connectivity index is 1.45. The Morgan fingerprint density at radius 1 is 0.714 bits per heavy atom. The molecule has 1 saturated heterocycles. The third-order valence-electron chi connectivity index (χ3n) is 5.13. The molecule has 0 aromatic heterocycles. The molecule has 3 aromatic rings. The van der Waals surface area contributed by atoms with Crippen LogP contribution in [0.5, 0.6) is 0 Å². The second-order valence-electron chi connectivity index (χ2n) is 7.01. The predicted molar refractivity (Wildman–Crippen MR) is 112 cm³/mol. The molecule has 0 unspecified atom stereocenters. The normalized spacial score (nSPS) is 15.4. The lowest BCUT2D eigenvalue weighted by atomic mass is 9.96. The summed E-state index contributed by atoms with van der Waals surface area (Å²) < 4.78 is 13.0. The average molecular weight is 373 g/mol. The van der Waals surface area contributed by atoms with Crippen LogP contribution in [0, 0.1) is 5.82 Å². The summed E-state index contributed by atoms with van der Waals surface area (Å²) in [7, 11) is 0. The number of hydrogen-bond donors (Lipinski definition) is 0. The van der Waals surface area contributed by atoms with Crippen molar-refractivity contribution in [1.29, 1.82) is 0 Å². The molecule has 0 spiro atoms. The van der Waals surface area contributed by atoms with E-state index in [2.05, 4.69) is 75.7 Å². The Labute approximate surface area is 165 Å². The first kappa shape index (κ1) is 18.4. The molecule has 0 radical (unpaired) electrons. The maximum atomic E-state index is 13.0. The average Bonchev–Trinajstić information content (AvgIpc) is 2.76. The maximum Gasteiger partial charge on any atom is 0.123 e. The number of nitrogens with zero attached hydrogens (tertiary/aromatic N) is 3. The highest BCUT2D eigenvalue weighted by Gasteiger charge is 2.25. The molecule has 1 aliphatic rings. The Kier molecular flexibility index (Phi) is 5.78. The fraction of sp³-hybridized carbons (Fsp3) is 0.208. The highest BCUT2D eigenvalue weighted by molar-refractivity contribution is 5.79. The summed E-state index contributed by atoms with van der Waals surface area (Å²) in [6.45, 7) is 3.62. The van der Waals surface area contributed by atoms with Gasteiger partial charge in [0.05, 0.1) is 12.3 Å². The Morgan fingerprint density at radius 2 is 1.25 bits per heavy atom. The number of benzene rings is 3. The molecule has 0 saturated carbocycles. The van der Waals surface area contributed by atoms with Gasteiger partial charge in [0, 0.05) is 26.2 Å². The van der Waals surface area contributed by atoms with Gasteiger partial charge >= 0.3 is 0 Å². The molecular formula is C24H24FN3. The van der Waals surface area contributed by atoms with Crippen LogP contribution < -0.4 is 0 Å². The van der Waals surface area contributed by atoms with Crippen molar-refractivity contribution in [2.45, 2.75) is 6.04 Å². The molecule has 4 rings (SSSR count). The molecule has 1 aliphatic heterocycles. The van der Waals surface area contributed by atoms with Crippen molar-refractivity contribution in [3.8, 4) is 0 Å². The van der Waals surface area contributed by atoms with Gasteiger partial charge in [-0.15, -0.1) is 0 Å². The van der Waals surface area contributed by atoms with Crippen LogP contribution in [0.4, 0.5) is 4.39 Å². The molecular weight excluding hydrogens is 349 g/mol. The van der Waals surface area contributed by atoms with E-state index in [0.29, 0.717) is 0 Å². The largest absolute Gasteiger partial charge is 0.294 e. The van der Waals surface area contributed by atoms with E-state index in [1.54, 1.807) is 18.3 Å². The van der Waals surface area contributed by atoms with E-state index in [4.69, 9.17) is 0 Å². The van der Waals surface area contributed by atoms with E-state index < -0.39 is 0 Å². The summed E-state index contributed by atoms with van der Waals surface area (Å²) in [5.74, 6) is -0.223. The van der Waals surface area contributed by atoms with Gasteiger partial charge in [0.15, 0.2) is 0 Å². The zero-order valence-electron chi connectivity index (χ0n) is 15.8. The van der Waals surface area contributed by atoms with Crippen molar-refractivity contribution in [1.82, 2.24) is 9.91 Å². The molecule has 3 aromatic carbocycles. The van der Waals surface area contributed by atoms with Gasteiger partial charge in [0.1, 0.15) is 5.82 Å². The lowest BCUT2D eigenvalue weighted by Crippen LogP contribution is -2.45.